The van der Waals surface area contributed by atoms with Crippen LogP contribution in [-0.4, -0.2) is 78.4 Å². The van der Waals surface area contributed by atoms with Gasteiger partial charge in [0.25, 0.3) is 14.0 Å². The van der Waals surface area contributed by atoms with Gasteiger partial charge in [0.15, 0.2) is 35.0 Å². The second kappa shape index (κ2) is 12.4. The Morgan fingerprint density at radius 2 is 1.98 bits per heavy atom. The maximum Gasteiger partial charge on any atom is 0.327 e. The SMILES string of the molecule is CCNc1nc(N)nc2c1ncn2[C@@H]1O[C@](F)(CO[PH](=O)N(Oc2ccccc2)[C@@H](C)C(=O)OC(C)C)[C@@H](O)[C@@]1(C)F. The Morgan fingerprint density at radius 1 is 1.29 bits per heavy atom. The first kappa shape index (κ1) is 31.5. The third-order valence-electron chi connectivity index (χ3n) is 6.33. The van der Waals surface area contributed by atoms with Crippen LogP contribution in [0.3, 0.4) is 0 Å². The number of nitrogen functional groups attached to an aromatic ring is 1. The number of hydrogen-bond acceptors (Lipinski definition) is 12. The molecule has 14 nitrogen and oxygen atoms in total. The predicted octanol–water partition coefficient (Wildman–Crippen LogP) is 3.17. The van der Waals surface area contributed by atoms with Crippen LogP contribution >= 0.6 is 8.18 Å². The lowest BCUT2D eigenvalue weighted by molar-refractivity contribution is -0.203. The van der Waals surface area contributed by atoms with Gasteiger partial charge in [0.1, 0.15) is 18.4 Å². The van der Waals surface area contributed by atoms with Gasteiger partial charge in [0.2, 0.25) is 5.95 Å². The fourth-order valence-corrected chi connectivity index (χ4v) is 5.33. The van der Waals surface area contributed by atoms with Crippen LogP contribution in [0.25, 0.3) is 11.2 Å². The Bertz CT molecular complexity index is 1430. The molecule has 1 aromatic carbocycles. The molecule has 0 aliphatic carbocycles. The molecule has 1 unspecified atom stereocenters. The fraction of sp³-hybridized carbons (Fsp3) is 0.520. The van der Waals surface area contributed by atoms with E-state index in [4.69, 9.17) is 24.6 Å². The van der Waals surface area contributed by atoms with Crippen LogP contribution in [0.4, 0.5) is 20.5 Å². The van der Waals surface area contributed by atoms with Crippen LogP contribution in [0.5, 0.6) is 5.75 Å². The average Bonchev–Trinajstić information content (AvgIpc) is 3.43. The summed E-state index contributed by atoms with van der Waals surface area (Å²) < 4.78 is 62.2. The smallest absolute Gasteiger partial charge is 0.327 e. The minimum Gasteiger partial charge on any atom is -0.462 e. The predicted molar refractivity (Wildman–Crippen MR) is 148 cm³/mol. The number of carbonyl (C=O) groups is 1. The van der Waals surface area contributed by atoms with Gasteiger partial charge in [-0.3, -0.25) is 13.9 Å². The summed E-state index contributed by atoms with van der Waals surface area (Å²) in [6.07, 6.45) is -3.51. The number of benzene rings is 1. The number of fused-ring (bicyclic) bond motifs is 1. The largest absolute Gasteiger partial charge is 0.462 e. The fourth-order valence-electron chi connectivity index (χ4n) is 4.28. The standard InChI is InChI=1S/C25H34F2N7O7P/c1-6-29-18-17-19(32-23(28)31-18)33(13-30-17)22-24(5,26)21(36)25(27,40-22)12-38-42(37)34(15(4)20(35)39-14(2)3)41-16-10-8-7-9-11-16/h7-11,13-15,21-22,36,42H,6,12H2,1-5H3,(H3,28,29,31,32)/t15-,21-,22+,24+,25+/m0/s1. The number of imidazole rings is 1. The Balaban J connectivity index is 1.57. The molecule has 4 rings (SSSR count). The lowest BCUT2D eigenvalue weighted by Crippen LogP contribution is -2.47. The number of rotatable bonds is 12. The van der Waals surface area contributed by atoms with Crippen molar-refractivity contribution in [2.45, 2.75) is 70.6 Å². The molecule has 1 saturated heterocycles. The number of alkyl halides is 2. The summed E-state index contributed by atoms with van der Waals surface area (Å²) in [5.74, 6) is -3.64. The summed E-state index contributed by atoms with van der Waals surface area (Å²) in [6.45, 7) is 6.67. The van der Waals surface area contributed by atoms with Crippen LogP contribution in [0.1, 0.15) is 40.8 Å². The van der Waals surface area contributed by atoms with Gasteiger partial charge in [0.05, 0.1) is 12.4 Å². The van der Waals surface area contributed by atoms with Crippen molar-refractivity contribution in [3.8, 4) is 5.75 Å². The highest BCUT2D eigenvalue weighted by Crippen LogP contribution is 2.49. The van der Waals surface area contributed by atoms with Gasteiger partial charge in [-0.25, -0.2) is 13.8 Å². The first-order valence-electron chi connectivity index (χ1n) is 13.2. The molecule has 3 aromatic rings. The second-order valence-electron chi connectivity index (χ2n) is 10.0. The minimum absolute atomic E-state index is 0.0261. The number of para-hydroxylation sites is 1. The van der Waals surface area contributed by atoms with E-state index in [-0.39, 0.29) is 28.7 Å². The molecule has 6 atom stereocenters. The van der Waals surface area contributed by atoms with E-state index < -0.39 is 56.8 Å². The zero-order chi connectivity index (χ0) is 30.8. The van der Waals surface area contributed by atoms with Gasteiger partial charge in [-0.05, 0) is 46.8 Å². The number of aliphatic hydroxyl groups is 1. The highest BCUT2D eigenvalue weighted by molar-refractivity contribution is 7.36. The Labute approximate surface area is 241 Å². The van der Waals surface area contributed by atoms with E-state index in [0.29, 0.717) is 6.54 Å². The van der Waals surface area contributed by atoms with Gasteiger partial charge < -0.3 is 35.0 Å². The van der Waals surface area contributed by atoms with Crippen molar-refractivity contribution < 1.29 is 42.1 Å². The number of hydroxylamine groups is 1. The number of hydrogen-bond donors (Lipinski definition) is 3. The molecule has 2 aromatic heterocycles. The molecule has 0 amide bonds. The summed E-state index contributed by atoms with van der Waals surface area (Å²) in [5.41, 5.74) is 3.30. The van der Waals surface area contributed by atoms with Crippen LogP contribution < -0.4 is 15.9 Å². The molecule has 1 fully saturated rings. The van der Waals surface area contributed by atoms with Gasteiger partial charge in [-0.2, -0.15) is 9.97 Å². The molecule has 3 heterocycles. The number of halogens is 2. The average molecular weight is 614 g/mol. The van der Waals surface area contributed by atoms with Gasteiger partial charge in [0, 0.05) is 6.54 Å². The normalized spacial score (nSPS) is 25.6. The van der Waals surface area contributed by atoms with Crippen molar-refractivity contribution in [3.63, 3.8) is 0 Å². The molecular formula is C25H34F2N7O7P. The highest BCUT2D eigenvalue weighted by Gasteiger charge is 2.65. The van der Waals surface area contributed by atoms with Crippen molar-refractivity contribution >= 4 is 37.1 Å². The molecule has 0 bridgehead atoms. The summed E-state index contributed by atoms with van der Waals surface area (Å²) in [5, 5.41) is 13.7. The minimum atomic E-state index is -3.57. The molecule has 1 aliphatic rings. The van der Waals surface area contributed by atoms with Gasteiger partial charge >= 0.3 is 5.97 Å². The van der Waals surface area contributed by atoms with Gasteiger partial charge in [-0.1, -0.05) is 23.0 Å². The van der Waals surface area contributed by atoms with E-state index in [1.165, 1.54) is 19.1 Å². The van der Waals surface area contributed by atoms with E-state index in [0.717, 1.165) is 22.7 Å². The maximum absolute atomic E-state index is 16.1. The third kappa shape index (κ3) is 6.32. The van der Waals surface area contributed by atoms with E-state index in [2.05, 4.69) is 20.3 Å². The number of aliphatic hydroxyl groups excluding tert-OH is 1. The number of carbonyl (C=O) groups excluding carboxylic acids is 1. The maximum atomic E-state index is 16.1. The molecule has 0 spiro atoms. The number of nitrogens with two attached hydrogens (primary N) is 1. The molecule has 230 valence electrons. The van der Waals surface area contributed by atoms with Crippen molar-refractivity contribution in [2.24, 2.45) is 0 Å². The van der Waals surface area contributed by atoms with Crippen molar-refractivity contribution in [1.29, 1.82) is 0 Å². The van der Waals surface area contributed by atoms with Crippen molar-refractivity contribution in [3.05, 3.63) is 36.7 Å². The summed E-state index contributed by atoms with van der Waals surface area (Å²) in [4.78, 5) is 31.3. The molecule has 1 aliphatic heterocycles. The molecule has 42 heavy (non-hydrogen) atoms. The zero-order valence-corrected chi connectivity index (χ0v) is 24.7. The van der Waals surface area contributed by atoms with E-state index in [1.54, 1.807) is 32.0 Å². The van der Waals surface area contributed by atoms with E-state index in [1.807, 2.05) is 6.92 Å². The van der Waals surface area contributed by atoms with E-state index in [9.17, 15) is 14.5 Å². The first-order chi connectivity index (χ1) is 19.8. The van der Waals surface area contributed by atoms with Gasteiger partial charge in [-0.15, -0.1) is 0 Å². The van der Waals surface area contributed by atoms with Crippen LogP contribution in [0.15, 0.2) is 36.7 Å². The molecule has 17 heteroatoms. The quantitative estimate of drug-likeness (QED) is 0.154. The monoisotopic (exact) mass is 613 g/mol. The lowest BCUT2D eigenvalue weighted by Gasteiger charge is -2.29. The molecule has 0 saturated carbocycles. The van der Waals surface area contributed by atoms with E-state index >= 15 is 8.78 Å². The summed E-state index contributed by atoms with van der Waals surface area (Å²) in [6, 6.07) is 6.82. The lowest BCUT2D eigenvalue weighted by atomic mass is 9.97. The Morgan fingerprint density at radius 3 is 2.62 bits per heavy atom. The van der Waals surface area contributed by atoms with Crippen LogP contribution in [0, 0.1) is 0 Å². The van der Waals surface area contributed by atoms with Crippen LogP contribution in [0.2, 0.25) is 0 Å². The number of anilines is 2. The Kier molecular flexibility index (Phi) is 9.33. The number of ether oxygens (including phenoxy) is 2. The number of nitrogens with zero attached hydrogens (tertiary/aromatic N) is 5. The summed E-state index contributed by atoms with van der Waals surface area (Å²) >= 11 is 0. The zero-order valence-electron chi connectivity index (χ0n) is 23.7. The third-order valence-corrected chi connectivity index (χ3v) is 7.56. The summed E-state index contributed by atoms with van der Waals surface area (Å²) in [7, 11) is -3.57. The highest BCUT2D eigenvalue weighted by atomic mass is 31.1. The van der Waals surface area contributed by atoms with Crippen LogP contribution in [-0.2, 0) is 23.4 Å². The first-order valence-corrected chi connectivity index (χ1v) is 14.4. The molecular weight excluding hydrogens is 579 g/mol. The topological polar surface area (TPSA) is 176 Å². The molecule has 0 radical (unpaired) electrons. The Hall–Kier alpha value is -3.43. The number of aromatic nitrogens is 4. The van der Waals surface area contributed by atoms with Crippen molar-refractivity contribution in [1.82, 2.24) is 24.4 Å². The second-order valence-corrected chi connectivity index (χ2v) is 11.3. The molecule has 4 N–H and O–H groups in total. The number of nitrogens with one attached hydrogen (secondary N) is 1. The number of esters is 1. The van der Waals surface area contributed by atoms with Crippen molar-refractivity contribution in [2.75, 3.05) is 24.2 Å².